The van der Waals surface area contributed by atoms with Crippen LogP contribution in [0.3, 0.4) is 0 Å². The van der Waals surface area contributed by atoms with Crippen molar-refractivity contribution >= 4 is 23.4 Å². The molecule has 2 aromatic rings. The minimum atomic E-state index is -0.792. The lowest BCUT2D eigenvalue weighted by Gasteiger charge is -2.28. The molecule has 0 aliphatic carbocycles. The van der Waals surface area contributed by atoms with Gasteiger partial charge in [0.25, 0.3) is 5.91 Å². The highest BCUT2D eigenvalue weighted by molar-refractivity contribution is 6.46. The van der Waals surface area contributed by atoms with Crippen LogP contribution in [0.15, 0.2) is 29.8 Å². The van der Waals surface area contributed by atoms with E-state index in [0.29, 0.717) is 35.8 Å². The zero-order valence-corrected chi connectivity index (χ0v) is 21.6. The maximum atomic E-state index is 13.9. The summed E-state index contributed by atoms with van der Waals surface area (Å²) in [5.41, 5.74) is 3.02. The normalized spacial score (nSPS) is 17.6. The predicted molar refractivity (Wildman–Crippen MR) is 131 cm³/mol. The van der Waals surface area contributed by atoms with Gasteiger partial charge in [0, 0.05) is 11.3 Å². The van der Waals surface area contributed by atoms with Crippen molar-refractivity contribution in [1.82, 2.24) is 9.88 Å². The zero-order chi connectivity index (χ0) is 26.0. The second-order valence-electron chi connectivity index (χ2n) is 9.60. The number of quaternary nitrogens is 1. The minimum Gasteiger partial charge on any atom is -0.872 e. The Morgan fingerprint density at radius 3 is 2.34 bits per heavy atom. The first kappa shape index (κ1) is 26.2. The van der Waals surface area contributed by atoms with Crippen molar-refractivity contribution in [2.24, 2.45) is 0 Å². The van der Waals surface area contributed by atoms with E-state index in [0.717, 1.165) is 10.5 Å². The smallest absolute Gasteiger partial charge is 0.355 e. The molecule has 2 N–H and O–H groups in total. The number of likely N-dealkylation sites (N-methyl/N-ethyl adjacent to an activating group) is 1. The van der Waals surface area contributed by atoms with E-state index in [1.165, 1.54) is 4.90 Å². The third kappa shape index (κ3) is 5.03. The predicted octanol–water partition coefficient (Wildman–Crippen LogP) is 1.30. The summed E-state index contributed by atoms with van der Waals surface area (Å²) in [5.74, 6) is -2.26. The Morgan fingerprint density at radius 2 is 1.80 bits per heavy atom. The molecule has 1 unspecified atom stereocenters. The molecule has 1 atom stereocenters. The fraction of sp³-hybridized carbons (Fsp3) is 0.444. The lowest BCUT2D eigenvalue weighted by molar-refractivity contribution is -0.857. The van der Waals surface area contributed by atoms with Gasteiger partial charge in [-0.1, -0.05) is 43.9 Å². The molecular formula is C27H35N3O5. The minimum absolute atomic E-state index is 0.0818. The van der Waals surface area contributed by atoms with Gasteiger partial charge in [-0.15, -0.1) is 0 Å². The number of carbonyl (C=O) groups is 3. The molecule has 1 amide bonds. The number of hydrogen-bond acceptors (Lipinski definition) is 5. The van der Waals surface area contributed by atoms with Gasteiger partial charge in [-0.05, 0) is 48.9 Å². The lowest BCUT2D eigenvalue weighted by atomic mass is 9.92. The molecule has 0 spiro atoms. The number of Topliss-reactive ketones (excluding diaryl/α,β-unsaturated/α-hetero) is 1. The maximum Gasteiger partial charge on any atom is 0.355 e. The highest BCUT2D eigenvalue weighted by Crippen LogP contribution is 2.40. The Kier molecular flexibility index (Phi) is 7.85. The second-order valence-corrected chi connectivity index (χ2v) is 9.60. The van der Waals surface area contributed by atoms with Crippen LogP contribution in [0.4, 0.5) is 0 Å². The van der Waals surface area contributed by atoms with Crippen LogP contribution >= 0.6 is 0 Å². The lowest BCUT2D eigenvalue weighted by Crippen LogP contribution is -3.06. The Balaban J connectivity index is 2.19. The number of likely N-dealkylation sites (tertiary alicyclic amines) is 1. The molecule has 1 aromatic carbocycles. The first-order valence-corrected chi connectivity index (χ1v) is 12.0. The van der Waals surface area contributed by atoms with Gasteiger partial charge >= 0.3 is 5.97 Å². The monoisotopic (exact) mass is 481 g/mol. The first-order valence-electron chi connectivity index (χ1n) is 12.0. The zero-order valence-electron chi connectivity index (χ0n) is 21.6. The number of aromatic amines is 1. The third-order valence-corrected chi connectivity index (χ3v) is 6.45. The topological polar surface area (TPSA) is 107 Å². The highest BCUT2D eigenvalue weighted by atomic mass is 16.5. The van der Waals surface area contributed by atoms with Crippen molar-refractivity contribution in [3.05, 3.63) is 63.5 Å². The van der Waals surface area contributed by atoms with Gasteiger partial charge in [0.1, 0.15) is 5.69 Å². The van der Waals surface area contributed by atoms with Crippen LogP contribution in [0.25, 0.3) is 5.76 Å². The van der Waals surface area contributed by atoms with Crippen LogP contribution in [0, 0.1) is 13.8 Å². The summed E-state index contributed by atoms with van der Waals surface area (Å²) in [6.07, 6.45) is 0. The van der Waals surface area contributed by atoms with E-state index in [1.54, 1.807) is 20.8 Å². The standard InChI is InChI=1S/C27H35N3O5/c1-8-35-27(34)22-16(4)20(17(5)28-22)24(31)21-23(19-11-9-18(10-12-19)15(2)3)30(14-13-29(6)7)26(33)25(21)32/h9-12,15,23,28,31H,8,13-14H2,1-7H3. The summed E-state index contributed by atoms with van der Waals surface area (Å²) in [4.78, 5) is 44.3. The average Bonchev–Trinajstić information content (AvgIpc) is 3.24. The van der Waals surface area contributed by atoms with Crippen LogP contribution in [0.1, 0.15) is 71.2 Å². The third-order valence-electron chi connectivity index (χ3n) is 6.45. The molecule has 1 aliphatic heterocycles. The molecule has 1 aromatic heterocycles. The van der Waals surface area contributed by atoms with Crippen LogP contribution in [0.5, 0.6) is 0 Å². The number of amides is 1. The van der Waals surface area contributed by atoms with E-state index < -0.39 is 29.5 Å². The Morgan fingerprint density at radius 1 is 1.17 bits per heavy atom. The number of aryl methyl sites for hydroxylation is 1. The van der Waals surface area contributed by atoms with Crippen LogP contribution in [-0.2, 0) is 14.3 Å². The van der Waals surface area contributed by atoms with E-state index in [-0.39, 0.29) is 23.4 Å². The van der Waals surface area contributed by atoms with Gasteiger partial charge in [-0.25, -0.2) is 4.79 Å². The molecule has 0 bridgehead atoms. The Hall–Kier alpha value is -3.39. The van der Waals surface area contributed by atoms with E-state index in [2.05, 4.69) is 18.8 Å². The number of hydrogen-bond donors (Lipinski definition) is 2. The summed E-state index contributed by atoms with van der Waals surface area (Å²) < 4.78 is 5.09. The number of H-pyrrole nitrogens is 1. The fourth-order valence-corrected chi connectivity index (χ4v) is 4.49. The Labute approximate surface area is 206 Å². The fourth-order valence-electron chi connectivity index (χ4n) is 4.49. The number of benzene rings is 1. The van der Waals surface area contributed by atoms with Crippen LogP contribution in [-0.4, -0.2) is 61.3 Å². The van der Waals surface area contributed by atoms with Gasteiger partial charge in [0.2, 0.25) is 5.78 Å². The highest BCUT2D eigenvalue weighted by Gasteiger charge is 2.44. The quantitative estimate of drug-likeness (QED) is 0.256. The molecule has 35 heavy (non-hydrogen) atoms. The largest absolute Gasteiger partial charge is 0.872 e. The molecule has 8 heteroatoms. The van der Waals surface area contributed by atoms with Crippen molar-refractivity contribution in [2.75, 3.05) is 33.8 Å². The molecule has 188 valence electrons. The number of rotatable bonds is 8. The van der Waals surface area contributed by atoms with E-state index >= 15 is 0 Å². The second kappa shape index (κ2) is 10.5. The van der Waals surface area contributed by atoms with Crippen molar-refractivity contribution in [3.8, 4) is 0 Å². The van der Waals surface area contributed by atoms with Crippen LogP contribution < -0.4 is 10.0 Å². The molecule has 2 heterocycles. The summed E-state index contributed by atoms with van der Waals surface area (Å²) in [5, 5.41) is 13.9. The van der Waals surface area contributed by atoms with Gasteiger partial charge in [-0.3, -0.25) is 9.59 Å². The maximum absolute atomic E-state index is 13.9. The van der Waals surface area contributed by atoms with Gasteiger partial charge in [-0.2, -0.15) is 0 Å². The van der Waals surface area contributed by atoms with Crippen molar-refractivity contribution in [3.63, 3.8) is 0 Å². The van der Waals surface area contributed by atoms with Crippen LogP contribution in [0.2, 0.25) is 0 Å². The molecular weight excluding hydrogens is 446 g/mol. The molecule has 0 radical (unpaired) electrons. The van der Waals surface area contributed by atoms with Gasteiger partial charge in [0.05, 0.1) is 39.8 Å². The van der Waals surface area contributed by atoms with E-state index in [4.69, 9.17) is 4.74 Å². The number of ketones is 1. The summed E-state index contributed by atoms with van der Waals surface area (Å²) >= 11 is 0. The Bertz CT molecular complexity index is 1160. The molecule has 1 aliphatic rings. The molecule has 0 saturated carbocycles. The molecule has 8 nitrogen and oxygen atoms in total. The molecule has 3 rings (SSSR count). The number of esters is 1. The van der Waals surface area contributed by atoms with Crippen molar-refractivity contribution in [2.45, 2.75) is 46.6 Å². The van der Waals surface area contributed by atoms with Gasteiger partial charge in [0.15, 0.2) is 0 Å². The number of nitrogens with zero attached hydrogens (tertiary/aromatic N) is 1. The molecule has 1 saturated heterocycles. The summed E-state index contributed by atoms with van der Waals surface area (Å²) in [6, 6.07) is 6.92. The van der Waals surface area contributed by atoms with E-state index in [1.807, 2.05) is 38.4 Å². The average molecular weight is 482 g/mol. The van der Waals surface area contributed by atoms with Crippen molar-refractivity contribution in [1.29, 1.82) is 0 Å². The SMILES string of the molecule is CCOC(=O)c1[nH]c(C)c(C([O-])=C2C(=O)C(=O)N(CC[NH+](C)C)C2c2ccc(C(C)C)cc2)c1C. The summed E-state index contributed by atoms with van der Waals surface area (Å²) in [7, 11) is 3.93. The van der Waals surface area contributed by atoms with E-state index in [9.17, 15) is 19.5 Å². The number of nitrogens with one attached hydrogen (secondary N) is 2. The number of aromatic nitrogens is 1. The van der Waals surface area contributed by atoms with Gasteiger partial charge < -0.3 is 24.6 Å². The summed E-state index contributed by atoms with van der Waals surface area (Å²) in [6.45, 7) is 10.3. The van der Waals surface area contributed by atoms with Crippen molar-refractivity contribution < 1.29 is 29.1 Å². The number of carbonyl (C=O) groups excluding carboxylic acids is 3. The first-order chi connectivity index (χ1) is 16.5. The number of ether oxygens (including phenoxy) is 1. The molecule has 1 fully saturated rings.